The topological polar surface area (TPSA) is 73.8 Å². The summed E-state index contributed by atoms with van der Waals surface area (Å²) in [6.07, 6.45) is 0. The lowest BCUT2D eigenvalue weighted by Crippen LogP contribution is -2.07. The zero-order valence-corrected chi connectivity index (χ0v) is 29.8. The first-order valence-corrected chi connectivity index (χ1v) is 15.7. The molecule has 0 saturated carbocycles. The van der Waals surface area contributed by atoms with Gasteiger partial charge in [0.2, 0.25) is 0 Å². The SMILES string of the molecule is COc1ccc(OC)c2c1-c1c(OC)ccc(OC)c1-c1c(OC)ccc(OC)c1-c1c(OC)ccc(OC)c1-2.ClCCl.ClCCl. The Bertz CT molecular complexity index is 1260. The number of ether oxygens (including phenoxy) is 8. The van der Waals surface area contributed by atoms with Crippen LogP contribution in [-0.2, 0) is 0 Å². The van der Waals surface area contributed by atoms with Gasteiger partial charge in [-0.05, 0) is 48.5 Å². The molecule has 12 heteroatoms. The number of fused-ring (bicyclic) bond motifs is 8. The molecule has 0 bridgehead atoms. The van der Waals surface area contributed by atoms with Gasteiger partial charge in [-0.15, -0.1) is 46.4 Å². The molecular formula is C34H36Cl4O8. The standard InChI is InChI=1S/C32H32O8.2CH2Cl2/c1-33-17-9-10-18(34-2)26-25(17)27-19(35-3)11-12-20(36-4)29(27)31-23(39-7)15-16-24(40-8)32(31)30-22(38-6)14-13-21(37-5)28(26)30;2*2-1-3/h9-16H,1-8H3;2*1H2. The van der Waals surface area contributed by atoms with Gasteiger partial charge < -0.3 is 37.9 Å². The van der Waals surface area contributed by atoms with Crippen LogP contribution in [0.15, 0.2) is 48.5 Å². The molecule has 0 spiro atoms. The average Bonchev–Trinajstić information content (AvgIpc) is 3.08. The number of hydrogen-bond acceptors (Lipinski definition) is 8. The number of methoxy groups -OCH3 is 8. The van der Waals surface area contributed by atoms with Crippen molar-refractivity contribution in [1.82, 2.24) is 0 Å². The summed E-state index contributed by atoms with van der Waals surface area (Å²) in [5, 5.41) is 0.389. The van der Waals surface area contributed by atoms with Crippen molar-refractivity contribution >= 4 is 46.4 Å². The Kier molecular flexibility index (Phi) is 13.9. The van der Waals surface area contributed by atoms with Gasteiger partial charge in [0.05, 0.1) is 67.6 Å². The summed E-state index contributed by atoms with van der Waals surface area (Å²) in [5.74, 6) is 4.81. The molecule has 1 aliphatic rings. The Labute approximate surface area is 289 Å². The van der Waals surface area contributed by atoms with E-state index in [2.05, 4.69) is 0 Å². The van der Waals surface area contributed by atoms with Gasteiger partial charge in [0.1, 0.15) is 46.0 Å². The Hall–Kier alpha value is -3.56. The number of rotatable bonds is 8. The minimum atomic E-state index is 0.194. The van der Waals surface area contributed by atoms with E-state index in [0.29, 0.717) is 46.0 Å². The molecule has 0 unspecified atom stereocenters. The highest BCUT2D eigenvalue weighted by Crippen LogP contribution is 2.63. The third-order valence-electron chi connectivity index (χ3n) is 7.27. The summed E-state index contributed by atoms with van der Waals surface area (Å²) >= 11 is 19.1. The molecule has 0 saturated heterocycles. The largest absolute Gasteiger partial charge is 0.496 e. The summed E-state index contributed by atoms with van der Waals surface area (Å²) < 4.78 is 47.9. The lowest BCUT2D eigenvalue weighted by atomic mass is 9.78. The maximum absolute atomic E-state index is 5.99. The van der Waals surface area contributed by atoms with Crippen molar-refractivity contribution in [3.63, 3.8) is 0 Å². The fourth-order valence-corrected chi connectivity index (χ4v) is 5.60. The number of hydrogen-bond donors (Lipinski definition) is 0. The monoisotopic (exact) mass is 712 g/mol. The van der Waals surface area contributed by atoms with Gasteiger partial charge in [-0.2, -0.15) is 0 Å². The Morgan fingerprint density at radius 1 is 0.283 bits per heavy atom. The molecule has 46 heavy (non-hydrogen) atoms. The van der Waals surface area contributed by atoms with Crippen molar-refractivity contribution in [3.8, 4) is 90.5 Å². The second-order valence-corrected chi connectivity index (χ2v) is 10.7. The fourth-order valence-electron chi connectivity index (χ4n) is 5.60. The van der Waals surface area contributed by atoms with Gasteiger partial charge in [0.15, 0.2) is 0 Å². The maximum atomic E-state index is 5.99. The van der Waals surface area contributed by atoms with Crippen molar-refractivity contribution in [2.45, 2.75) is 0 Å². The van der Waals surface area contributed by atoms with Gasteiger partial charge in [0.25, 0.3) is 0 Å². The fraction of sp³-hybridized carbons (Fsp3) is 0.294. The average molecular weight is 714 g/mol. The van der Waals surface area contributed by atoms with Crippen molar-refractivity contribution < 1.29 is 37.9 Å². The summed E-state index contributed by atoms with van der Waals surface area (Å²) in [5.41, 5.74) is 5.86. The third-order valence-corrected chi connectivity index (χ3v) is 7.27. The molecule has 0 heterocycles. The quantitative estimate of drug-likeness (QED) is 0.147. The van der Waals surface area contributed by atoms with Crippen LogP contribution < -0.4 is 37.9 Å². The minimum Gasteiger partial charge on any atom is -0.496 e. The maximum Gasteiger partial charge on any atom is 0.127 e. The van der Waals surface area contributed by atoms with E-state index in [-0.39, 0.29) is 10.7 Å². The lowest BCUT2D eigenvalue weighted by molar-refractivity contribution is 0.395. The van der Waals surface area contributed by atoms with Crippen LogP contribution in [0.1, 0.15) is 0 Å². The molecule has 0 atom stereocenters. The smallest absolute Gasteiger partial charge is 0.127 e. The van der Waals surface area contributed by atoms with E-state index in [1.54, 1.807) is 56.9 Å². The number of benzene rings is 4. The van der Waals surface area contributed by atoms with Gasteiger partial charge >= 0.3 is 0 Å². The highest BCUT2D eigenvalue weighted by Gasteiger charge is 2.37. The first kappa shape index (κ1) is 36.9. The first-order chi connectivity index (χ1) is 22.4. The molecule has 8 nitrogen and oxygen atoms in total. The van der Waals surface area contributed by atoms with Gasteiger partial charge in [0, 0.05) is 44.5 Å². The zero-order valence-electron chi connectivity index (χ0n) is 26.8. The molecular weight excluding hydrogens is 678 g/mol. The van der Waals surface area contributed by atoms with E-state index in [1.807, 2.05) is 48.5 Å². The third kappa shape index (κ3) is 6.76. The van der Waals surface area contributed by atoms with E-state index >= 15 is 0 Å². The van der Waals surface area contributed by atoms with Crippen LogP contribution in [0.3, 0.4) is 0 Å². The molecule has 0 N–H and O–H groups in total. The molecule has 248 valence electrons. The van der Waals surface area contributed by atoms with Crippen molar-refractivity contribution in [2.24, 2.45) is 0 Å². The summed E-state index contributed by atoms with van der Waals surface area (Å²) in [6, 6.07) is 15.0. The summed E-state index contributed by atoms with van der Waals surface area (Å²) in [6.45, 7) is 0. The van der Waals surface area contributed by atoms with Crippen molar-refractivity contribution in [2.75, 3.05) is 67.6 Å². The highest BCUT2D eigenvalue weighted by atomic mass is 35.5. The van der Waals surface area contributed by atoms with Crippen molar-refractivity contribution in [1.29, 1.82) is 0 Å². The van der Waals surface area contributed by atoms with E-state index in [4.69, 9.17) is 84.3 Å². The van der Waals surface area contributed by atoms with Crippen molar-refractivity contribution in [3.05, 3.63) is 48.5 Å². The van der Waals surface area contributed by atoms with Crippen LogP contribution in [-0.4, -0.2) is 67.6 Å². The normalized spacial score (nSPS) is 10.3. The lowest BCUT2D eigenvalue weighted by Gasteiger charge is -2.30. The molecule has 4 aromatic carbocycles. The predicted molar refractivity (Wildman–Crippen MR) is 187 cm³/mol. The van der Waals surface area contributed by atoms with Crippen LogP contribution in [0.5, 0.6) is 46.0 Å². The molecule has 1 aliphatic carbocycles. The minimum absolute atomic E-state index is 0.194. The summed E-state index contributed by atoms with van der Waals surface area (Å²) in [4.78, 5) is 0. The summed E-state index contributed by atoms with van der Waals surface area (Å²) in [7, 11) is 13.1. The molecule has 0 aliphatic heterocycles. The van der Waals surface area contributed by atoms with Crippen LogP contribution >= 0.6 is 46.4 Å². The van der Waals surface area contributed by atoms with Crippen LogP contribution in [0.2, 0.25) is 0 Å². The van der Waals surface area contributed by atoms with Gasteiger partial charge in [-0.1, -0.05) is 0 Å². The van der Waals surface area contributed by atoms with E-state index in [9.17, 15) is 0 Å². The van der Waals surface area contributed by atoms with E-state index in [0.717, 1.165) is 44.5 Å². The second-order valence-electron chi connectivity index (χ2n) is 9.08. The van der Waals surface area contributed by atoms with Gasteiger partial charge in [-0.25, -0.2) is 0 Å². The van der Waals surface area contributed by atoms with Gasteiger partial charge in [-0.3, -0.25) is 0 Å². The molecule has 0 amide bonds. The van der Waals surface area contributed by atoms with Crippen LogP contribution in [0, 0.1) is 0 Å². The van der Waals surface area contributed by atoms with Crippen LogP contribution in [0.25, 0.3) is 44.5 Å². The second kappa shape index (κ2) is 17.4. The number of halogens is 4. The first-order valence-electron chi connectivity index (χ1n) is 13.6. The number of alkyl halides is 4. The molecule has 0 fully saturated rings. The van der Waals surface area contributed by atoms with Crippen LogP contribution in [0.4, 0.5) is 0 Å². The Morgan fingerprint density at radius 2 is 0.370 bits per heavy atom. The Morgan fingerprint density at radius 3 is 0.435 bits per heavy atom. The predicted octanol–water partition coefficient (Wildman–Crippen LogP) is 9.58. The molecule has 0 aromatic heterocycles. The molecule has 5 rings (SSSR count). The highest BCUT2D eigenvalue weighted by molar-refractivity contribution is 6.41. The zero-order chi connectivity index (χ0) is 34.0. The van der Waals surface area contributed by atoms with E-state index in [1.165, 1.54) is 0 Å². The Balaban J connectivity index is 0.000000891. The molecule has 0 radical (unpaired) electrons. The van der Waals surface area contributed by atoms with E-state index < -0.39 is 0 Å². The molecule has 4 aromatic rings.